The highest BCUT2D eigenvalue weighted by Gasteiger charge is 2.42. The lowest BCUT2D eigenvalue weighted by atomic mass is 10.0. The SMILES string of the molecule is Cc1c(C(F)(F)F)nnc(Oc2c(F)cc(C3(C)CC3)nc2F)c1C(=O)Nc1cccc(S(C)(=N)=O)c1. The van der Waals surface area contributed by atoms with Crippen LogP contribution in [0.15, 0.2) is 35.2 Å². The van der Waals surface area contributed by atoms with Crippen molar-refractivity contribution in [2.75, 3.05) is 11.6 Å². The van der Waals surface area contributed by atoms with Gasteiger partial charge in [-0.15, -0.1) is 10.2 Å². The molecular weight excluding hydrogens is 521 g/mol. The summed E-state index contributed by atoms with van der Waals surface area (Å²) in [6.07, 6.45) is -2.48. The molecule has 0 radical (unpaired) electrons. The third kappa shape index (κ3) is 5.38. The van der Waals surface area contributed by atoms with Crippen molar-refractivity contribution in [3.05, 3.63) is 64.6 Å². The number of pyridine rings is 1. The van der Waals surface area contributed by atoms with Gasteiger partial charge < -0.3 is 10.1 Å². The fourth-order valence-electron chi connectivity index (χ4n) is 3.53. The van der Waals surface area contributed by atoms with Crippen molar-refractivity contribution < 1.29 is 35.7 Å². The number of amides is 1. The predicted molar refractivity (Wildman–Crippen MR) is 122 cm³/mol. The van der Waals surface area contributed by atoms with Crippen LogP contribution in [0.1, 0.15) is 47.1 Å². The highest BCUT2D eigenvalue weighted by Crippen LogP contribution is 2.47. The second kappa shape index (κ2) is 9.01. The lowest BCUT2D eigenvalue weighted by Crippen LogP contribution is -2.21. The summed E-state index contributed by atoms with van der Waals surface area (Å²) < 4.78 is 94.8. The molecule has 0 spiro atoms. The van der Waals surface area contributed by atoms with E-state index in [1.807, 2.05) is 0 Å². The van der Waals surface area contributed by atoms with E-state index in [0.717, 1.165) is 19.2 Å². The van der Waals surface area contributed by atoms with E-state index >= 15 is 0 Å². The fourth-order valence-corrected chi connectivity index (χ4v) is 4.22. The minimum Gasteiger partial charge on any atom is -0.429 e. The number of carbonyl (C=O) groups excluding carboxylic acids is 1. The smallest absolute Gasteiger partial charge is 0.429 e. The van der Waals surface area contributed by atoms with E-state index < -0.39 is 67.4 Å². The van der Waals surface area contributed by atoms with Gasteiger partial charge in [0.15, 0.2) is 11.5 Å². The Labute approximate surface area is 208 Å². The van der Waals surface area contributed by atoms with Crippen LogP contribution in [-0.2, 0) is 21.3 Å². The Kier molecular flexibility index (Phi) is 6.42. The van der Waals surface area contributed by atoms with Gasteiger partial charge in [0.1, 0.15) is 5.56 Å². The van der Waals surface area contributed by atoms with Crippen LogP contribution >= 0.6 is 0 Å². The van der Waals surface area contributed by atoms with Crippen molar-refractivity contribution in [1.29, 1.82) is 4.78 Å². The molecule has 1 saturated carbocycles. The number of anilines is 1. The van der Waals surface area contributed by atoms with Crippen molar-refractivity contribution in [3.63, 3.8) is 0 Å². The third-order valence-electron chi connectivity index (χ3n) is 5.93. The van der Waals surface area contributed by atoms with Gasteiger partial charge in [-0.05, 0) is 43.5 Å². The van der Waals surface area contributed by atoms with Crippen LogP contribution in [0.2, 0.25) is 0 Å². The number of halogens is 5. The molecule has 1 fully saturated rings. The standard InChI is InChI=1S/C23H20F5N5O3S/c1-11-16(20(34)30-12-5-4-6-13(9-12)37(3,29)35)21(33-32-18(11)23(26,27)28)36-17-14(24)10-15(31-19(17)25)22(2)7-8-22/h4-6,9-10,29H,7-8H2,1-3H3,(H,30,34). The predicted octanol–water partition coefficient (Wildman–Crippen LogP) is 5.61. The minimum absolute atomic E-state index is 0.00102. The summed E-state index contributed by atoms with van der Waals surface area (Å²) >= 11 is 0. The normalized spacial score (nSPS) is 16.1. The average Bonchev–Trinajstić information content (AvgIpc) is 3.53. The Balaban J connectivity index is 1.77. The first-order chi connectivity index (χ1) is 17.1. The van der Waals surface area contributed by atoms with Gasteiger partial charge in [0.25, 0.3) is 17.7 Å². The quantitative estimate of drug-likeness (QED) is 0.310. The molecule has 2 N–H and O–H groups in total. The van der Waals surface area contributed by atoms with E-state index in [2.05, 4.69) is 20.5 Å². The van der Waals surface area contributed by atoms with Crippen molar-refractivity contribution in [1.82, 2.24) is 15.2 Å². The van der Waals surface area contributed by atoms with Crippen LogP contribution in [-0.4, -0.2) is 31.6 Å². The summed E-state index contributed by atoms with van der Waals surface area (Å²) in [5.41, 5.74) is -3.32. The highest BCUT2D eigenvalue weighted by molar-refractivity contribution is 7.91. The second-order valence-corrected chi connectivity index (χ2v) is 11.1. The Morgan fingerprint density at radius 1 is 1.19 bits per heavy atom. The van der Waals surface area contributed by atoms with Crippen molar-refractivity contribution in [3.8, 4) is 11.6 Å². The van der Waals surface area contributed by atoms with Crippen LogP contribution in [0.3, 0.4) is 0 Å². The molecule has 37 heavy (non-hydrogen) atoms. The van der Waals surface area contributed by atoms with Crippen LogP contribution in [0.25, 0.3) is 0 Å². The van der Waals surface area contributed by atoms with Gasteiger partial charge in [-0.3, -0.25) is 4.79 Å². The Bertz CT molecular complexity index is 1500. The second-order valence-electron chi connectivity index (χ2n) is 8.95. The lowest BCUT2D eigenvalue weighted by Gasteiger charge is -2.17. The Morgan fingerprint density at radius 3 is 2.43 bits per heavy atom. The van der Waals surface area contributed by atoms with Gasteiger partial charge in [-0.25, -0.2) is 18.4 Å². The number of nitrogens with one attached hydrogen (secondary N) is 2. The van der Waals surface area contributed by atoms with E-state index in [0.29, 0.717) is 12.8 Å². The zero-order chi connectivity index (χ0) is 27.3. The van der Waals surface area contributed by atoms with Gasteiger partial charge >= 0.3 is 6.18 Å². The molecule has 14 heteroatoms. The number of hydrogen-bond acceptors (Lipinski definition) is 7. The molecule has 1 amide bonds. The molecule has 196 valence electrons. The van der Waals surface area contributed by atoms with E-state index in [4.69, 9.17) is 9.52 Å². The monoisotopic (exact) mass is 541 g/mol. The topological polar surface area (TPSA) is 118 Å². The van der Waals surface area contributed by atoms with Gasteiger partial charge in [0, 0.05) is 28.3 Å². The molecule has 0 bridgehead atoms. The number of carbonyl (C=O) groups is 1. The van der Waals surface area contributed by atoms with Gasteiger partial charge in [0.05, 0.1) is 15.4 Å². The molecule has 2 aromatic heterocycles. The Morgan fingerprint density at radius 2 is 1.86 bits per heavy atom. The van der Waals surface area contributed by atoms with Crippen LogP contribution in [0.5, 0.6) is 11.6 Å². The van der Waals surface area contributed by atoms with Crippen molar-refractivity contribution in [2.45, 2.75) is 43.2 Å². The molecule has 0 saturated heterocycles. The van der Waals surface area contributed by atoms with Crippen LogP contribution in [0, 0.1) is 23.5 Å². The highest BCUT2D eigenvalue weighted by atomic mass is 32.2. The number of ether oxygens (including phenoxy) is 1. The number of nitrogens with zero attached hydrogens (tertiary/aromatic N) is 3. The zero-order valence-corrected chi connectivity index (χ0v) is 20.5. The zero-order valence-electron chi connectivity index (χ0n) is 19.7. The molecule has 0 aliphatic heterocycles. The summed E-state index contributed by atoms with van der Waals surface area (Å²) in [4.78, 5) is 16.9. The minimum atomic E-state index is -5.00. The molecule has 1 aliphatic rings. The van der Waals surface area contributed by atoms with Crippen LogP contribution in [0.4, 0.5) is 27.6 Å². The van der Waals surface area contributed by atoms with Gasteiger partial charge in [0.2, 0.25) is 5.75 Å². The largest absolute Gasteiger partial charge is 0.435 e. The summed E-state index contributed by atoms with van der Waals surface area (Å²) in [7, 11) is -3.17. The maximum atomic E-state index is 14.8. The average molecular weight is 542 g/mol. The molecule has 1 aliphatic carbocycles. The van der Waals surface area contributed by atoms with Crippen molar-refractivity contribution >= 4 is 21.3 Å². The summed E-state index contributed by atoms with van der Waals surface area (Å²) in [6, 6.07) is 6.29. The van der Waals surface area contributed by atoms with E-state index in [-0.39, 0.29) is 16.3 Å². The number of aromatic nitrogens is 3. The Hall–Kier alpha value is -3.68. The maximum absolute atomic E-state index is 14.8. The van der Waals surface area contributed by atoms with Crippen molar-refractivity contribution in [2.24, 2.45) is 0 Å². The number of rotatable bonds is 6. The lowest BCUT2D eigenvalue weighted by molar-refractivity contribution is -0.142. The van der Waals surface area contributed by atoms with E-state index in [1.165, 1.54) is 24.3 Å². The van der Waals surface area contributed by atoms with Gasteiger partial charge in [-0.2, -0.15) is 17.6 Å². The maximum Gasteiger partial charge on any atom is 0.435 e. The number of benzene rings is 1. The number of alkyl halides is 3. The van der Waals surface area contributed by atoms with E-state index in [1.54, 1.807) is 6.92 Å². The third-order valence-corrected chi connectivity index (χ3v) is 7.08. The molecule has 4 rings (SSSR count). The molecular formula is C23H20F5N5O3S. The molecule has 8 nitrogen and oxygen atoms in total. The molecule has 2 heterocycles. The van der Waals surface area contributed by atoms with Gasteiger partial charge in [-0.1, -0.05) is 13.0 Å². The molecule has 1 aromatic carbocycles. The fraction of sp³-hybridized carbons (Fsp3) is 0.304. The summed E-state index contributed by atoms with van der Waals surface area (Å²) in [6.45, 7) is 2.70. The first kappa shape index (κ1) is 26.4. The number of hydrogen-bond donors (Lipinski definition) is 2. The van der Waals surface area contributed by atoms with E-state index in [9.17, 15) is 31.0 Å². The molecule has 3 aromatic rings. The molecule has 1 atom stereocenters. The van der Waals surface area contributed by atoms with Crippen LogP contribution < -0.4 is 10.1 Å². The summed E-state index contributed by atoms with van der Waals surface area (Å²) in [5, 5.41) is 8.67. The first-order valence-electron chi connectivity index (χ1n) is 10.7. The first-order valence-corrected chi connectivity index (χ1v) is 12.7. The summed E-state index contributed by atoms with van der Waals surface area (Å²) in [5.74, 6) is -5.66. The molecule has 1 unspecified atom stereocenters.